The van der Waals surface area contributed by atoms with Gasteiger partial charge in [0.05, 0.1) is 0 Å². The highest BCUT2D eigenvalue weighted by molar-refractivity contribution is 6.30. The van der Waals surface area contributed by atoms with E-state index in [0.29, 0.717) is 5.41 Å². The Hall–Kier alpha value is -0.730. The monoisotopic (exact) mass is 346 g/mol. The van der Waals surface area contributed by atoms with Crippen molar-refractivity contribution >= 4 is 17.3 Å². The molecule has 1 aliphatic carbocycles. The smallest absolute Gasteiger partial charge is 0.0410 e. The van der Waals surface area contributed by atoms with Crippen LogP contribution in [0.4, 0.5) is 5.69 Å². The highest BCUT2D eigenvalue weighted by Gasteiger charge is 2.42. The second-order valence-electron chi connectivity index (χ2n) is 8.32. The molecule has 1 aromatic rings. The first kappa shape index (κ1) is 16.7. The Morgan fingerprint density at radius 1 is 1.17 bits per heavy atom. The lowest BCUT2D eigenvalue weighted by Crippen LogP contribution is -2.48. The van der Waals surface area contributed by atoms with Crippen LogP contribution in [0.2, 0.25) is 5.02 Å². The van der Waals surface area contributed by atoms with Gasteiger partial charge in [-0.15, -0.1) is 0 Å². The molecule has 2 fully saturated rings. The molecule has 0 aromatic heterocycles. The van der Waals surface area contributed by atoms with Gasteiger partial charge in [-0.3, -0.25) is 0 Å². The Bertz CT molecular complexity index is 569. The zero-order valence-corrected chi connectivity index (χ0v) is 15.7. The number of rotatable bonds is 3. The lowest BCUT2D eigenvalue weighted by atomic mass is 9.73. The van der Waals surface area contributed by atoms with Crippen LogP contribution in [0, 0.1) is 5.92 Å². The standard InChI is InChI=1S/C21H31ClN2/c1-2-3-16-4-7-18(8-5-16)24-12-10-21(11-13-24)15-23-20-9-6-17(22)14-19(20)21/h6,9,14,16,18,23H,2-5,7-8,10-13,15H2,1H3. The number of benzene rings is 1. The second kappa shape index (κ2) is 6.88. The molecule has 2 nitrogen and oxygen atoms in total. The number of halogens is 1. The van der Waals surface area contributed by atoms with Crippen molar-refractivity contribution in [3.63, 3.8) is 0 Å². The summed E-state index contributed by atoms with van der Waals surface area (Å²) in [5, 5.41) is 4.51. The molecule has 0 unspecified atom stereocenters. The highest BCUT2D eigenvalue weighted by atomic mass is 35.5. The van der Waals surface area contributed by atoms with E-state index in [-0.39, 0.29) is 0 Å². The number of nitrogens with zero attached hydrogens (tertiary/aromatic N) is 1. The summed E-state index contributed by atoms with van der Waals surface area (Å²) >= 11 is 6.28. The molecule has 1 saturated heterocycles. The molecule has 24 heavy (non-hydrogen) atoms. The highest BCUT2D eigenvalue weighted by Crippen LogP contribution is 2.45. The van der Waals surface area contributed by atoms with E-state index in [1.807, 2.05) is 6.07 Å². The van der Waals surface area contributed by atoms with Gasteiger partial charge >= 0.3 is 0 Å². The maximum Gasteiger partial charge on any atom is 0.0410 e. The van der Waals surface area contributed by atoms with Crippen molar-refractivity contribution in [1.82, 2.24) is 4.90 Å². The van der Waals surface area contributed by atoms with Crippen molar-refractivity contribution in [2.75, 3.05) is 25.0 Å². The first-order chi connectivity index (χ1) is 11.7. The van der Waals surface area contributed by atoms with Gasteiger partial charge in [-0.25, -0.2) is 0 Å². The van der Waals surface area contributed by atoms with Gasteiger partial charge in [-0.1, -0.05) is 31.4 Å². The predicted molar refractivity (Wildman–Crippen MR) is 103 cm³/mol. The van der Waals surface area contributed by atoms with E-state index in [2.05, 4.69) is 29.3 Å². The Morgan fingerprint density at radius 2 is 1.92 bits per heavy atom. The van der Waals surface area contributed by atoms with Gasteiger partial charge in [0, 0.05) is 28.7 Å². The molecule has 0 atom stereocenters. The van der Waals surface area contributed by atoms with Crippen LogP contribution in [0.25, 0.3) is 0 Å². The molecule has 132 valence electrons. The van der Waals surface area contributed by atoms with Crippen LogP contribution in [0.1, 0.15) is 63.9 Å². The molecule has 3 heteroatoms. The number of fused-ring (bicyclic) bond motifs is 2. The number of piperidine rings is 1. The Kier molecular flexibility index (Phi) is 4.79. The Morgan fingerprint density at radius 3 is 2.62 bits per heavy atom. The topological polar surface area (TPSA) is 15.3 Å². The van der Waals surface area contributed by atoms with Gasteiger partial charge < -0.3 is 10.2 Å². The maximum atomic E-state index is 6.28. The zero-order valence-electron chi connectivity index (χ0n) is 15.0. The largest absolute Gasteiger partial charge is 0.384 e. The minimum atomic E-state index is 0.330. The average Bonchev–Trinajstić information content (AvgIpc) is 2.95. The Labute approximate surface area is 152 Å². The van der Waals surface area contributed by atoms with E-state index >= 15 is 0 Å². The Balaban J connectivity index is 1.38. The van der Waals surface area contributed by atoms with E-state index in [1.54, 1.807) is 0 Å². The molecule has 1 saturated carbocycles. The molecule has 2 heterocycles. The van der Waals surface area contributed by atoms with Crippen LogP contribution in [0.15, 0.2) is 18.2 Å². The fourth-order valence-electron chi connectivity index (χ4n) is 5.44. The third kappa shape index (κ3) is 3.08. The number of nitrogens with one attached hydrogen (secondary N) is 1. The third-order valence-electron chi connectivity index (χ3n) is 6.95. The van der Waals surface area contributed by atoms with Gasteiger partial charge in [0.25, 0.3) is 0 Å². The van der Waals surface area contributed by atoms with Crippen LogP contribution in [-0.2, 0) is 5.41 Å². The molecular weight excluding hydrogens is 316 g/mol. The molecule has 0 bridgehead atoms. The summed E-state index contributed by atoms with van der Waals surface area (Å²) in [4.78, 5) is 2.80. The first-order valence-electron chi connectivity index (χ1n) is 9.98. The summed E-state index contributed by atoms with van der Waals surface area (Å²) in [6.45, 7) is 5.95. The predicted octanol–water partition coefficient (Wildman–Crippen LogP) is 5.46. The summed E-state index contributed by atoms with van der Waals surface area (Å²) in [5.41, 5.74) is 3.12. The molecule has 4 rings (SSSR count). The van der Waals surface area contributed by atoms with Crippen molar-refractivity contribution < 1.29 is 0 Å². The number of anilines is 1. The van der Waals surface area contributed by atoms with Crippen LogP contribution in [0.3, 0.4) is 0 Å². The molecular formula is C21H31ClN2. The molecule has 3 aliphatic rings. The fraction of sp³-hybridized carbons (Fsp3) is 0.714. The quantitative estimate of drug-likeness (QED) is 0.781. The van der Waals surface area contributed by atoms with Gasteiger partial charge in [-0.05, 0) is 81.3 Å². The van der Waals surface area contributed by atoms with Crippen molar-refractivity contribution in [3.05, 3.63) is 28.8 Å². The summed E-state index contributed by atoms with van der Waals surface area (Å²) in [6.07, 6.45) is 11.1. The summed E-state index contributed by atoms with van der Waals surface area (Å²) < 4.78 is 0. The van der Waals surface area contributed by atoms with Crippen LogP contribution >= 0.6 is 11.6 Å². The second-order valence-corrected chi connectivity index (χ2v) is 8.76. The zero-order chi connectivity index (χ0) is 16.6. The van der Waals surface area contributed by atoms with Crippen LogP contribution < -0.4 is 5.32 Å². The van der Waals surface area contributed by atoms with E-state index in [4.69, 9.17) is 11.6 Å². The van der Waals surface area contributed by atoms with Crippen molar-refractivity contribution in [1.29, 1.82) is 0 Å². The number of hydrogen-bond donors (Lipinski definition) is 1. The normalized spacial score (nSPS) is 29.4. The first-order valence-corrected chi connectivity index (χ1v) is 10.4. The molecule has 2 aliphatic heterocycles. The van der Waals surface area contributed by atoms with Crippen molar-refractivity contribution in [2.45, 2.75) is 69.7 Å². The third-order valence-corrected chi connectivity index (χ3v) is 7.19. The van der Waals surface area contributed by atoms with Gasteiger partial charge in [0.1, 0.15) is 0 Å². The number of likely N-dealkylation sites (tertiary alicyclic amines) is 1. The minimum Gasteiger partial charge on any atom is -0.384 e. The van der Waals surface area contributed by atoms with Gasteiger partial charge in [-0.2, -0.15) is 0 Å². The lowest BCUT2D eigenvalue weighted by Gasteiger charge is -2.44. The molecule has 0 radical (unpaired) electrons. The van der Waals surface area contributed by atoms with E-state index in [1.165, 1.54) is 75.7 Å². The number of hydrogen-bond acceptors (Lipinski definition) is 2. The fourth-order valence-corrected chi connectivity index (χ4v) is 5.61. The van der Waals surface area contributed by atoms with E-state index in [0.717, 1.165) is 23.5 Å². The summed E-state index contributed by atoms with van der Waals surface area (Å²) in [5.74, 6) is 1.01. The van der Waals surface area contributed by atoms with E-state index < -0.39 is 0 Å². The molecule has 1 spiro atoms. The lowest BCUT2D eigenvalue weighted by molar-refractivity contribution is 0.0858. The van der Waals surface area contributed by atoms with Crippen molar-refractivity contribution in [3.8, 4) is 0 Å². The van der Waals surface area contributed by atoms with Crippen LogP contribution in [0.5, 0.6) is 0 Å². The summed E-state index contributed by atoms with van der Waals surface area (Å²) in [7, 11) is 0. The minimum absolute atomic E-state index is 0.330. The molecule has 1 N–H and O–H groups in total. The SMILES string of the molecule is CCCC1CCC(N2CCC3(CC2)CNc2ccc(Cl)cc23)CC1. The van der Waals surface area contributed by atoms with E-state index in [9.17, 15) is 0 Å². The average molecular weight is 347 g/mol. The summed E-state index contributed by atoms with van der Waals surface area (Å²) in [6, 6.07) is 7.23. The van der Waals surface area contributed by atoms with Gasteiger partial charge in [0.15, 0.2) is 0 Å². The maximum absolute atomic E-state index is 6.28. The van der Waals surface area contributed by atoms with Gasteiger partial charge in [0.2, 0.25) is 0 Å². The molecule has 0 amide bonds. The molecule has 1 aromatic carbocycles. The van der Waals surface area contributed by atoms with Crippen LogP contribution in [-0.4, -0.2) is 30.6 Å². The van der Waals surface area contributed by atoms with Crippen molar-refractivity contribution in [2.24, 2.45) is 5.92 Å².